The number of unbranched alkanes of at least 4 members (excludes halogenated alkanes) is 11. The molecule has 0 unspecified atom stereocenters. The summed E-state index contributed by atoms with van der Waals surface area (Å²) in [5.41, 5.74) is 2.51. The van der Waals surface area contributed by atoms with Crippen molar-refractivity contribution in [1.82, 2.24) is 10.2 Å². The number of amides is 2. The highest BCUT2D eigenvalue weighted by Gasteiger charge is 2.65. The number of benzene rings is 1. The van der Waals surface area contributed by atoms with E-state index in [1.54, 1.807) is 17.0 Å². The maximum atomic E-state index is 14.0. The third kappa shape index (κ3) is 14.1. The molecule has 1 saturated carbocycles. The van der Waals surface area contributed by atoms with E-state index < -0.39 is 29.9 Å². The van der Waals surface area contributed by atoms with Gasteiger partial charge in [-0.25, -0.2) is 9.59 Å². The van der Waals surface area contributed by atoms with Crippen LogP contribution in [0.4, 0.5) is 9.59 Å². The van der Waals surface area contributed by atoms with Crippen LogP contribution in [0.3, 0.4) is 0 Å². The Balaban J connectivity index is 1.75. The minimum atomic E-state index is -1.40. The molecule has 61 heavy (non-hydrogen) atoms. The first-order chi connectivity index (χ1) is 29.8. The third-order valence-electron chi connectivity index (χ3n) is 12.3. The zero-order valence-corrected chi connectivity index (χ0v) is 38.1. The molecule has 6 atom stereocenters. The molecule has 12 nitrogen and oxygen atoms in total. The molecular formula is C48H76ClN3O9. The lowest BCUT2D eigenvalue weighted by atomic mass is 9.55. The number of oxime groups is 1. The lowest BCUT2D eigenvalue weighted by Gasteiger charge is -2.59. The lowest BCUT2D eigenvalue weighted by molar-refractivity contribution is -0.255. The Morgan fingerprint density at radius 2 is 1.67 bits per heavy atom. The topological polar surface area (TPSA) is 148 Å². The molecule has 1 aromatic rings. The quantitative estimate of drug-likeness (QED) is 0.0297. The molecule has 3 N–H and O–H groups in total. The van der Waals surface area contributed by atoms with Gasteiger partial charge in [0, 0.05) is 44.2 Å². The van der Waals surface area contributed by atoms with Gasteiger partial charge in [0.15, 0.2) is 0 Å². The number of carbonyl (C=O) groups is 2. The second-order valence-electron chi connectivity index (χ2n) is 16.7. The van der Waals surface area contributed by atoms with Crippen LogP contribution in [0.25, 0.3) is 0 Å². The molecule has 344 valence electrons. The van der Waals surface area contributed by atoms with Crippen LogP contribution in [0.15, 0.2) is 47.7 Å². The number of allylic oxidation sites excluding steroid dienone is 1. The second-order valence-corrected chi connectivity index (χ2v) is 17.1. The average Bonchev–Trinajstić information content (AvgIpc) is 3.26. The Morgan fingerprint density at radius 3 is 2.33 bits per heavy atom. The summed E-state index contributed by atoms with van der Waals surface area (Å²) in [6.45, 7) is 11.8. The van der Waals surface area contributed by atoms with Crippen molar-refractivity contribution in [3.8, 4) is 11.5 Å². The molecule has 1 aliphatic heterocycles. The van der Waals surface area contributed by atoms with E-state index in [1.165, 1.54) is 44.9 Å². The van der Waals surface area contributed by atoms with Crippen LogP contribution >= 0.6 is 11.6 Å². The number of hydrogen-bond donors (Lipinski definition) is 3. The number of ether oxygens (including phenoxy) is 4. The molecule has 4 rings (SSSR count). The fourth-order valence-electron chi connectivity index (χ4n) is 9.62. The minimum absolute atomic E-state index is 0.0312. The maximum Gasteiger partial charge on any atom is 0.412 e. The molecule has 0 aromatic heterocycles. The van der Waals surface area contributed by atoms with E-state index in [0.29, 0.717) is 56.2 Å². The van der Waals surface area contributed by atoms with Gasteiger partial charge in [0.1, 0.15) is 30.8 Å². The molecule has 3 aliphatic rings. The van der Waals surface area contributed by atoms with E-state index in [4.69, 9.17) is 40.5 Å². The zero-order valence-electron chi connectivity index (χ0n) is 37.4. The van der Waals surface area contributed by atoms with Crippen LogP contribution in [0.5, 0.6) is 11.5 Å². The van der Waals surface area contributed by atoms with Gasteiger partial charge in [-0.15, -0.1) is 18.2 Å². The molecule has 2 aliphatic carbocycles. The summed E-state index contributed by atoms with van der Waals surface area (Å²) in [6, 6.07) is 4.82. The summed E-state index contributed by atoms with van der Waals surface area (Å²) in [7, 11) is 0. The van der Waals surface area contributed by atoms with Gasteiger partial charge in [0.05, 0.1) is 24.1 Å². The fraction of sp³-hybridized carbons (Fsp3) is 0.729. The summed E-state index contributed by atoms with van der Waals surface area (Å²) >= 11 is 6.00. The Morgan fingerprint density at radius 1 is 0.967 bits per heavy atom. The Bertz CT molecular complexity index is 1540. The van der Waals surface area contributed by atoms with E-state index in [0.717, 1.165) is 56.1 Å². The van der Waals surface area contributed by atoms with Crippen molar-refractivity contribution >= 4 is 29.5 Å². The Labute approximate surface area is 370 Å². The van der Waals surface area contributed by atoms with Gasteiger partial charge in [0.25, 0.3) is 0 Å². The fourth-order valence-corrected chi connectivity index (χ4v) is 9.70. The summed E-state index contributed by atoms with van der Waals surface area (Å²) in [5, 5.41) is 27.4. The predicted octanol–water partition coefficient (Wildman–Crippen LogP) is 10.4. The van der Waals surface area contributed by atoms with E-state index >= 15 is 0 Å². The van der Waals surface area contributed by atoms with Crippen molar-refractivity contribution in [1.29, 1.82) is 0 Å². The van der Waals surface area contributed by atoms with Gasteiger partial charge in [-0.2, -0.15) is 0 Å². The molecule has 0 saturated heterocycles. The van der Waals surface area contributed by atoms with E-state index in [-0.39, 0.29) is 56.5 Å². The molecular weight excluding hydrogens is 798 g/mol. The molecule has 0 spiro atoms. The van der Waals surface area contributed by atoms with Crippen molar-refractivity contribution in [3.05, 3.63) is 48.1 Å². The number of nitrogens with one attached hydrogen (secondary N) is 1. The van der Waals surface area contributed by atoms with E-state index in [1.807, 2.05) is 26.0 Å². The van der Waals surface area contributed by atoms with Crippen molar-refractivity contribution in [2.45, 2.75) is 154 Å². The van der Waals surface area contributed by atoms with Crippen molar-refractivity contribution in [2.75, 3.05) is 52.0 Å². The van der Waals surface area contributed by atoms with Gasteiger partial charge in [0.2, 0.25) is 5.79 Å². The van der Waals surface area contributed by atoms with Crippen LogP contribution in [0.1, 0.15) is 148 Å². The number of hydrogen-bond acceptors (Lipinski definition) is 10. The molecule has 1 aromatic carbocycles. The van der Waals surface area contributed by atoms with Crippen LogP contribution in [0.2, 0.25) is 0 Å². The van der Waals surface area contributed by atoms with Crippen LogP contribution in [-0.4, -0.2) is 96.8 Å². The smallest absolute Gasteiger partial charge is 0.412 e. The lowest BCUT2D eigenvalue weighted by Crippen LogP contribution is -2.70. The number of fused-ring (bicyclic) bond motifs is 2. The summed E-state index contributed by atoms with van der Waals surface area (Å²) in [6.07, 6.45) is 20.6. The van der Waals surface area contributed by atoms with Crippen LogP contribution in [0, 0.1) is 17.8 Å². The molecule has 1 heterocycles. The van der Waals surface area contributed by atoms with Crippen LogP contribution in [-0.2, 0) is 14.3 Å². The standard InChI is InChI=1S/C48H76ClN3O9/c1-5-9-10-11-12-13-14-15-16-19-27-50-46(55)60-37-24-25-42-40(34-37)44-38(23-18-21-30-54)36(22-17-20-29-53)33-39-41(51-59-8-4)35-43(48(61-42,45(39)44)58-31-7-3)52(28-6-2)47(56)57-32-26-49/h7,24-25,33-34,36,38,43-45,53-54H,3,5-6,8-23,26-32,35H2,1-2,4H3,(H,50,55)/t36-,38+,43-,44+,45+,48+/m0/s1. The van der Waals surface area contributed by atoms with Gasteiger partial charge in [-0.1, -0.05) is 102 Å². The average molecular weight is 875 g/mol. The highest BCUT2D eigenvalue weighted by molar-refractivity contribution is 6.18. The number of aliphatic hydroxyl groups excluding tert-OH is 2. The maximum absolute atomic E-state index is 14.0. The minimum Gasteiger partial charge on any atom is -0.459 e. The second kappa shape index (κ2) is 27.7. The number of alkyl halides is 1. The Kier molecular flexibility index (Phi) is 22.8. The number of carbonyl (C=O) groups excluding carboxylic acids is 2. The van der Waals surface area contributed by atoms with Gasteiger partial charge in [-0.05, 0) is 81.1 Å². The van der Waals surface area contributed by atoms with Crippen molar-refractivity contribution in [3.63, 3.8) is 0 Å². The molecule has 0 radical (unpaired) electrons. The highest BCUT2D eigenvalue weighted by Crippen LogP contribution is 2.62. The van der Waals surface area contributed by atoms with Gasteiger partial charge < -0.3 is 39.3 Å². The summed E-state index contributed by atoms with van der Waals surface area (Å²) < 4.78 is 25.8. The largest absolute Gasteiger partial charge is 0.459 e. The summed E-state index contributed by atoms with van der Waals surface area (Å²) in [5.74, 6) is -0.900. The monoisotopic (exact) mass is 874 g/mol. The zero-order chi connectivity index (χ0) is 43.9. The van der Waals surface area contributed by atoms with Crippen LogP contribution < -0.4 is 14.8 Å². The number of nitrogens with zero attached hydrogens (tertiary/aromatic N) is 2. The van der Waals surface area contributed by atoms with E-state index in [9.17, 15) is 19.8 Å². The normalized spacial score (nSPS) is 23.3. The number of aliphatic hydroxyl groups is 2. The first kappa shape index (κ1) is 50.3. The molecule has 2 amide bonds. The molecule has 0 bridgehead atoms. The predicted molar refractivity (Wildman–Crippen MR) is 242 cm³/mol. The van der Waals surface area contributed by atoms with Gasteiger partial charge in [-0.3, -0.25) is 4.90 Å². The van der Waals surface area contributed by atoms with Crippen molar-refractivity contribution in [2.24, 2.45) is 22.9 Å². The SMILES string of the molecule is C=CCO[C@@]12Oc3ccc(OC(=O)NCCCCCCCCCCCC)cc3[C@H]3[C@H](CCCCO)[C@@H](CCCCO)C=C(C(=NOCC)C[C@@H]1N(CCC)C(=O)OCCCl)[C@H]32. The summed E-state index contributed by atoms with van der Waals surface area (Å²) in [4.78, 5) is 34.7. The third-order valence-corrected chi connectivity index (χ3v) is 12.5. The Hall–Kier alpha value is -3.32. The van der Waals surface area contributed by atoms with Crippen molar-refractivity contribution < 1.29 is 43.6 Å². The first-order valence-corrected chi connectivity index (χ1v) is 24.0. The number of rotatable bonds is 30. The van der Waals surface area contributed by atoms with E-state index in [2.05, 4.69) is 24.9 Å². The number of halogens is 1. The first-order valence-electron chi connectivity index (χ1n) is 23.5. The van der Waals surface area contributed by atoms with Gasteiger partial charge >= 0.3 is 12.2 Å². The molecule has 1 fully saturated rings. The molecule has 13 heteroatoms. The highest BCUT2D eigenvalue weighted by atomic mass is 35.5.